The number of piperidine rings is 1. The Bertz CT molecular complexity index is 1240. The van der Waals surface area contributed by atoms with Crippen molar-refractivity contribution in [3.05, 3.63) is 59.2 Å². The number of carbonyl (C=O) groups is 1. The molecule has 0 spiro atoms. The van der Waals surface area contributed by atoms with Crippen LogP contribution in [-0.2, 0) is 20.0 Å². The fourth-order valence-corrected chi connectivity index (χ4v) is 5.11. The zero-order valence-electron chi connectivity index (χ0n) is 17.9. The molecule has 3 aliphatic rings. The molecule has 0 bridgehead atoms. The van der Waals surface area contributed by atoms with Crippen LogP contribution < -0.4 is 10.2 Å². The lowest BCUT2D eigenvalue weighted by Crippen LogP contribution is -2.27. The standard InChI is InChI=1S/C23H24N8O/c1-29-13-25-22-18(3-5-21(22)29)28-23(32)16-8-26-31(11-16)12-17-2-4-20(19(7-24)27-17)30-9-14-6-15(14)10-30/h2,4,8,11,13-15,18H,3,5-6,9-10,12H2,1H3,(H,28,32)/t14?,15?,18-/m1/s1. The van der Waals surface area contributed by atoms with E-state index in [9.17, 15) is 10.1 Å². The predicted molar refractivity (Wildman–Crippen MR) is 116 cm³/mol. The summed E-state index contributed by atoms with van der Waals surface area (Å²) in [4.78, 5) is 24.0. The van der Waals surface area contributed by atoms with E-state index < -0.39 is 0 Å². The second-order valence-corrected chi connectivity index (χ2v) is 9.12. The Morgan fingerprint density at radius 2 is 2.16 bits per heavy atom. The molecule has 1 saturated carbocycles. The van der Waals surface area contributed by atoms with Gasteiger partial charge in [0.25, 0.3) is 5.91 Å². The minimum Gasteiger partial charge on any atom is -0.369 e. The van der Waals surface area contributed by atoms with Gasteiger partial charge in [0.2, 0.25) is 0 Å². The highest BCUT2D eigenvalue weighted by Crippen LogP contribution is 2.46. The number of nitrogens with one attached hydrogen (secondary N) is 1. The highest BCUT2D eigenvalue weighted by atomic mass is 16.1. The molecule has 0 aromatic carbocycles. The number of hydrogen-bond acceptors (Lipinski definition) is 6. The minimum atomic E-state index is -0.159. The Hall–Kier alpha value is -3.67. The van der Waals surface area contributed by atoms with E-state index in [0.29, 0.717) is 17.8 Å². The zero-order valence-corrected chi connectivity index (χ0v) is 17.9. The van der Waals surface area contributed by atoms with Crippen LogP contribution in [0.1, 0.15) is 52.0 Å². The summed E-state index contributed by atoms with van der Waals surface area (Å²) in [6.07, 6.45) is 8.18. The van der Waals surface area contributed by atoms with Crippen molar-refractivity contribution < 1.29 is 4.79 Å². The molecule has 2 fully saturated rings. The van der Waals surface area contributed by atoms with Gasteiger partial charge in [0, 0.05) is 32.0 Å². The highest BCUT2D eigenvalue weighted by Gasteiger charge is 2.45. The van der Waals surface area contributed by atoms with Crippen LogP contribution in [0.15, 0.2) is 30.9 Å². The third-order valence-corrected chi connectivity index (χ3v) is 6.97. The van der Waals surface area contributed by atoms with Crippen molar-refractivity contribution in [2.24, 2.45) is 18.9 Å². The van der Waals surface area contributed by atoms with Crippen LogP contribution in [0.2, 0.25) is 0 Å². The Morgan fingerprint density at radius 3 is 2.97 bits per heavy atom. The number of imidazole rings is 1. The average Bonchev–Trinajstić information content (AvgIpc) is 3.26. The number of hydrogen-bond donors (Lipinski definition) is 1. The number of pyridine rings is 1. The van der Waals surface area contributed by atoms with Gasteiger partial charge in [-0.05, 0) is 43.2 Å². The van der Waals surface area contributed by atoms with Crippen molar-refractivity contribution in [2.45, 2.75) is 31.8 Å². The Balaban J connectivity index is 1.13. The van der Waals surface area contributed by atoms with Gasteiger partial charge in [-0.25, -0.2) is 9.97 Å². The van der Waals surface area contributed by atoms with E-state index in [1.807, 2.05) is 23.7 Å². The van der Waals surface area contributed by atoms with E-state index >= 15 is 0 Å². The molecule has 3 aromatic rings. The van der Waals surface area contributed by atoms with Crippen LogP contribution >= 0.6 is 0 Å². The van der Waals surface area contributed by atoms with E-state index in [-0.39, 0.29) is 11.9 Å². The number of anilines is 1. The molecule has 1 aliphatic heterocycles. The predicted octanol–water partition coefficient (Wildman–Crippen LogP) is 1.80. The number of amides is 1. The van der Waals surface area contributed by atoms with Crippen molar-refractivity contribution in [3.8, 4) is 6.07 Å². The van der Waals surface area contributed by atoms with Crippen LogP contribution in [0.25, 0.3) is 0 Å². The Kier molecular flexibility index (Phi) is 4.28. The van der Waals surface area contributed by atoms with E-state index in [1.54, 1.807) is 23.4 Å². The highest BCUT2D eigenvalue weighted by molar-refractivity contribution is 5.94. The molecule has 162 valence electrons. The first kappa shape index (κ1) is 19.0. The first-order valence-electron chi connectivity index (χ1n) is 11.1. The smallest absolute Gasteiger partial charge is 0.255 e. The molecule has 3 aromatic heterocycles. The molecule has 9 heteroatoms. The summed E-state index contributed by atoms with van der Waals surface area (Å²) in [5.74, 6) is 1.43. The van der Waals surface area contributed by atoms with Crippen LogP contribution in [0.4, 0.5) is 5.69 Å². The molecule has 1 amide bonds. The molecule has 3 atom stereocenters. The molecule has 6 rings (SSSR count). The molecule has 1 saturated heterocycles. The van der Waals surface area contributed by atoms with Gasteiger partial charge in [-0.1, -0.05) is 0 Å². The number of nitrogens with zero attached hydrogens (tertiary/aromatic N) is 7. The molecule has 2 aliphatic carbocycles. The quantitative estimate of drug-likeness (QED) is 0.665. The summed E-state index contributed by atoms with van der Waals surface area (Å²) in [6, 6.07) is 6.12. The summed E-state index contributed by atoms with van der Waals surface area (Å²) in [5, 5.41) is 17.0. The lowest BCUT2D eigenvalue weighted by atomic mass is 10.2. The molecule has 9 nitrogen and oxygen atoms in total. The van der Waals surface area contributed by atoms with E-state index in [0.717, 1.165) is 54.8 Å². The monoisotopic (exact) mass is 428 g/mol. The second-order valence-electron chi connectivity index (χ2n) is 9.12. The number of rotatable bonds is 5. The molecular weight excluding hydrogens is 404 g/mol. The summed E-state index contributed by atoms with van der Waals surface area (Å²) >= 11 is 0. The SMILES string of the molecule is Cn1cnc2c1CC[C@H]2NC(=O)c1cnn(Cc2ccc(N3CC4CC4C3)c(C#N)n2)c1. The van der Waals surface area contributed by atoms with E-state index in [4.69, 9.17) is 0 Å². The van der Waals surface area contributed by atoms with Crippen molar-refractivity contribution in [2.75, 3.05) is 18.0 Å². The number of carbonyl (C=O) groups excluding carboxylic acids is 1. The van der Waals surface area contributed by atoms with Crippen molar-refractivity contribution in [3.63, 3.8) is 0 Å². The first-order chi connectivity index (χ1) is 15.6. The fourth-order valence-electron chi connectivity index (χ4n) is 5.11. The topological polar surface area (TPSA) is 105 Å². The first-order valence-corrected chi connectivity index (χ1v) is 11.1. The summed E-state index contributed by atoms with van der Waals surface area (Å²) in [5.41, 5.74) is 4.77. The van der Waals surface area contributed by atoms with Gasteiger partial charge >= 0.3 is 0 Å². The van der Waals surface area contributed by atoms with Gasteiger partial charge in [-0.2, -0.15) is 10.4 Å². The van der Waals surface area contributed by atoms with Crippen LogP contribution in [0, 0.1) is 23.2 Å². The third kappa shape index (κ3) is 3.23. The van der Waals surface area contributed by atoms with Gasteiger partial charge in [0.15, 0.2) is 5.69 Å². The average molecular weight is 429 g/mol. The maximum absolute atomic E-state index is 12.7. The Morgan fingerprint density at radius 1 is 1.31 bits per heavy atom. The number of aryl methyl sites for hydroxylation is 1. The van der Waals surface area contributed by atoms with Crippen molar-refractivity contribution in [1.29, 1.82) is 5.26 Å². The minimum absolute atomic E-state index is 0.0638. The molecule has 2 unspecified atom stereocenters. The molecule has 0 radical (unpaired) electrons. The summed E-state index contributed by atoms with van der Waals surface area (Å²) in [7, 11) is 1.98. The van der Waals surface area contributed by atoms with Crippen LogP contribution in [0.3, 0.4) is 0 Å². The lowest BCUT2D eigenvalue weighted by molar-refractivity contribution is 0.0936. The van der Waals surface area contributed by atoms with Gasteiger partial charge in [0.05, 0.1) is 47.7 Å². The van der Waals surface area contributed by atoms with Gasteiger partial charge in [0.1, 0.15) is 6.07 Å². The largest absolute Gasteiger partial charge is 0.369 e. The fraction of sp³-hybridized carbons (Fsp3) is 0.435. The molecule has 32 heavy (non-hydrogen) atoms. The van der Waals surface area contributed by atoms with Crippen LogP contribution in [0.5, 0.6) is 0 Å². The maximum atomic E-state index is 12.7. The summed E-state index contributed by atoms with van der Waals surface area (Å²) in [6.45, 7) is 2.46. The molecular formula is C23H24N8O. The molecule has 1 N–H and O–H groups in total. The maximum Gasteiger partial charge on any atom is 0.255 e. The Labute approximate surface area is 185 Å². The van der Waals surface area contributed by atoms with Gasteiger partial charge < -0.3 is 14.8 Å². The van der Waals surface area contributed by atoms with Crippen LogP contribution in [-0.4, -0.2) is 43.3 Å². The number of nitriles is 1. The number of aromatic nitrogens is 5. The van der Waals surface area contributed by atoms with Crippen molar-refractivity contribution in [1.82, 2.24) is 29.6 Å². The third-order valence-electron chi connectivity index (χ3n) is 6.97. The molecule has 4 heterocycles. The van der Waals surface area contributed by atoms with E-state index in [1.165, 1.54) is 12.1 Å². The van der Waals surface area contributed by atoms with Gasteiger partial charge in [-0.15, -0.1) is 0 Å². The lowest BCUT2D eigenvalue weighted by Gasteiger charge is -2.21. The van der Waals surface area contributed by atoms with Crippen molar-refractivity contribution >= 4 is 11.6 Å². The normalized spacial score (nSPS) is 23.0. The summed E-state index contributed by atoms with van der Waals surface area (Å²) < 4.78 is 3.70. The zero-order chi connectivity index (χ0) is 21.8. The van der Waals surface area contributed by atoms with E-state index in [2.05, 4.69) is 31.4 Å². The second kappa shape index (κ2) is 7.19. The number of fused-ring (bicyclic) bond motifs is 2. The van der Waals surface area contributed by atoms with Gasteiger partial charge in [-0.3, -0.25) is 9.48 Å².